The minimum atomic E-state index is 0.498. The molecular formula is C15H30N2. The fraction of sp³-hybridized carbons (Fsp3) is 1.00. The minimum absolute atomic E-state index is 0.498. The Bertz CT molecular complexity index is 269. The fourth-order valence-corrected chi connectivity index (χ4v) is 4.37. The van der Waals surface area contributed by atoms with Crippen LogP contribution in [0.15, 0.2) is 0 Å². The van der Waals surface area contributed by atoms with Gasteiger partial charge in [-0.3, -0.25) is 0 Å². The van der Waals surface area contributed by atoms with Gasteiger partial charge in [-0.15, -0.1) is 0 Å². The molecule has 3 atom stereocenters. The molecule has 2 nitrogen and oxygen atoms in total. The van der Waals surface area contributed by atoms with Crippen molar-refractivity contribution in [3.05, 3.63) is 0 Å². The zero-order valence-electron chi connectivity index (χ0n) is 12.3. The van der Waals surface area contributed by atoms with Crippen LogP contribution < -0.4 is 5.32 Å². The molecule has 2 rings (SSSR count). The van der Waals surface area contributed by atoms with E-state index in [9.17, 15) is 0 Å². The standard InChI is InChI=1S/C15H30N2/c1-6-17(5)10-9-16-13-14(2,3)12-7-8-15(13,4)11-12/h12-13,16H,6-11H2,1-5H3. The molecule has 0 saturated heterocycles. The molecule has 0 aromatic heterocycles. The molecule has 2 heteroatoms. The predicted octanol–water partition coefficient (Wildman–Crippen LogP) is 2.74. The van der Waals surface area contributed by atoms with E-state index in [1.54, 1.807) is 0 Å². The Morgan fingerprint density at radius 2 is 2.00 bits per heavy atom. The summed E-state index contributed by atoms with van der Waals surface area (Å²) in [5.41, 5.74) is 1.07. The zero-order valence-corrected chi connectivity index (χ0v) is 12.3. The van der Waals surface area contributed by atoms with Crippen molar-refractivity contribution in [2.75, 3.05) is 26.7 Å². The Morgan fingerprint density at radius 1 is 1.29 bits per heavy atom. The first kappa shape index (κ1) is 13.4. The summed E-state index contributed by atoms with van der Waals surface area (Å²) in [5.74, 6) is 0.953. The van der Waals surface area contributed by atoms with Crippen LogP contribution in [0.2, 0.25) is 0 Å². The number of nitrogens with zero attached hydrogens (tertiary/aromatic N) is 1. The van der Waals surface area contributed by atoms with Crippen LogP contribution in [0.3, 0.4) is 0 Å². The Kier molecular flexibility index (Phi) is 3.57. The number of rotatable bonds is 5. The van der Waals surface area contributed by atoms with Gasteiger partial charge in [-0.1, -0.05) is 27.7 Å². The fourth-order valence-electron chi connectivity index (χ4n) is 4.37. The van der Waals surface area contributed by atoms with Crippen LogP contribution in [0, 0.1) is 16.7 Å². The van der Waals surface area contributed by atoms with Crippen molar-refractivity contribution >= 4 is 0 Å². The van der Waals surface area contributed by atoms with E-state index in [2.05, 4.69) is 45.0 Å². The number of nitrogens with one attached hydrogen (secondary N) is 1. The maximum absolute atomic E-state index is 3.87. The summed E-state index contributed by atoms with van der Waals surface area (Å²) in [5, 5.41) is 3.87. The maximum Gasteiger partial charge on any atom is 0.0175 e. The lowest BCUT2D eigenvalue weighted by atomic mass is 9.68. The second-order valence-electron chi connectivity index (χ2n) is 7.20. The SMILES string of the molecule is CCN(C)CCNC1C2(C)CCC(C2)C1(C)C. The summed E-state index contributed by atoms with van der Waals surface area (Å²) in [6.45, 7) is 13.1. The molecule has 2 saturated carbocycles. The van der Waals surface area contributed by atoms with Gasteiger partial charge in [0.1, 0.15) is 0 Å². The van der Waals surface area contributed by atoms with Crippen LogP contribution in [0.5, 0.6) is 0 Å². The highest BCUT2D eigenvalue weighted by Crippen LogP contribution is 2.62. The quantitative estimate of drug-likeness (QED) is 0.792. The molecule has 0 aromatic carbocycles. The molecule has 2 aliphatic carbocycles. The summed E-state index contributed by atoms with van der Waals surface area (Å²) in [4.78, 5) is 2.38. The van der Waals surface area contributed by atoms with Gasteiger partial charge in [0, 0.05) is 19.1 Å². The minimum Gasteiger partial charge on any atom is -0.312 e. The van der Waals surface area contributed by atoms with Crippen molar-refractivity contribution in [1.29, 1.82) is 0 Å². The first-order valence-corrected chi connectivity index (χ1v) is 7.32. The summed E-state index contributed by atoms with van der Waals surface area (Å²) in [6.07, 6.45) is 4.33. The van der Waals surface area contributed by atoms with Crippen LogP contribution in [0.1, 0.15) is 47.0 Å². The second kappa shape index (κ2) is 4.55. The van der Waals surface area contributed by atoms with Crippen molar-refractivity contribution in [1.82, 2.24) is 10.2 Å². The Hall–Kier alpha value is -0.0800. The van der Waals surface area contributed by atoms with Gasteiger partial charge in [-0.25, -0.2) is 0 Å². The third-order valence-electron chi connectivity index (χ3n) is 5.65. The number of hydrogen-bond acceptors (Lipinski definition) is 2. The molecule has 0 aliphatic heterocycles. The van der Waals surface area contributed by atoms with E-state index in [-0.39, 0.29) is 0 Å². The molecule has 3 unspecified atom stereocenters. The molecule has 0 radical (unpaired) electrons. The molecule has 2 aliphatic rings. The van der Waals surface area contributed by atoms with Gasteiger partial charge in [-0.05, 0) is 49.6 Å². The molecule has 2 bridgehead atoms. The topological polar surface area (TPSA) is 15.3 Å². The van der Waals surface area contributed by atoms with E-state index in [1.807, 2.05) is 0 Å². The third-order valence-corrected chi connectivity index (χ3v) is 5.65. The Labute approximate surface area is 107 Å². The summed E-state index contributed by atoms with van der Waals surface area (Å²) < 4.78 is 0. The molecule has 0 spiro atoms. The van der Waals surface area contributed by atoms with Crippen LogP contribution in [0.4, 0.5) is 0 Å². The van der Waals surface area contributed by atoms with Crippen LogP contribution in [-0.2, 0) is 0 Å². The summed E-state index contributed by atoms with van der Waals surface area (Å²) in [7, 11) is 2.20. The second-order valence-corrected chi connectivity index (χ2v) is 7.20. The van der Waals surface area contributed by atoms with Gasteiger partial charge in [0.2, 0.25) is 0 Å². The van der Waals surface area contributed by atoms with E-state index in [0.29, 0.717) is 10.8 Å². The zero-order chi connectivity index (χ0) is 12.7. The highest BCUT2D eigenvalue weighted by atomic mass is 15.1. The molecule has 0 aromatic rings. The van der Waals surface area contributed by atoms with E-state index in [0.717, 1.165) is 25.0 Å². The Balaban J connectivity index is 1.91. The van der Waals surface area contributed by atoms with E-state index >= 15 is 0 Å². The first-order valence-electron chi connectivity index (χ1n) is 7.32. The van der Waals surface area contributed by atoms with Gasteiger partial charge in [0.05, 0.1) is 0 Å². The molecular weight excluding hydrogens is 208 g/mol. The van der Waals surface area contributed by atoms with Crippen molar-refractivity contribution in [3.8, 4) is 0 Å². The van der Waals surface area contributed by atoms with Gasteiger partial charge in [-0.2, -0.15) is 0 Å². The highest BCUT2D eigenvalue weighted by Gasteiger charge is 2.58. The van der Waals surface area contributed by atoms with Crippen LogP contribution >= 0.6 is 0 Å². The van der Waals surface area contributed by atoms with Crippen LogP contribution in [0.25, 0.3) is 0 Å². The molecule has 0 heterocycles. The molecule has 1 N–H and O–H groups in total. The normalized spacial score (nSPS) is 39.2. The third kappa shape index (κ3) is 2.26. The van der Waals surface area contributed by atoms with Gasteiger partial charge in [0.25, 0.3) is 0 Å². The lowest BCUT2D eigenvalue weighted by Crippen LogP contribution is -2.51. The molecule has 0 amide bonds. The number of likely N-dealkylation sites (N-methyl/N-ethyl adjacent to an activating group) is 1. The molecule has 100 valence electrons. The van der Waals surface area contributed by atoms with Crippen molar-refractivity contribution in [2.24, 2.45) is 16.7 Å². The van der Waals surface area contributed by atoms with E-state index in [1.165, 1.54) is 25.8 Å². The van der Waals surface area contributed by atoms with E-state index in [4.69, 9.17) is 0 Å². The number of hydrogen-bond donors (Lipinski definition) is 1. The van der Waals surface area contributed by atoms with Crippen molar-refractivity contribution in [2.45, 2.75) is 53.0 Å². The predicted molar refractivity (Wildman–Crippen MR) is 74.2 cm³/mol. The van der Waals surface area contributed by atoms with Gasteiger partial charge < -0.3 is 10.2 Å². The monoisotopic (exact) mass is 238 g/mol. The average molecular weight is 238 g/mol. The first-order chi connectivity index (χ1) is 7.90. The smallest absolute Gasteiger partial charge is 0.0175 e. The van der Waals surface area contributed by atoms with Gasteiger partial charge >= 0.3 is 0 Å². The van der Waals surface area contributed by atoms with Gasteiger partial charge in [0.15, 0.2) is 0 Å². The van der Waals surface area contributed by atoms with E-state index < -0.39 is 0 Å². The summed E-state index contributed by atoms with van der Waals surface area (Å²) >= 11 is 0. The number of fused-ring (bicyclic) bond motifs is 2. The maximum atomic E-state index is 3.87. The average Bonchev–Trinajstić information content (AvgIpc) is 2.73. The lowest BCUT2D eigenvalue weighted by Gasteiger charge is -2.43. The van der Waals surface area contributed by atoms with Crippen LogP contribution in [-0.4, -0.2) is 37.6 Å². The summed E-state index contributed by atoms with van der Waals surface area (Å²) in [6, 6.07) is 0.721. The van der Waals surface area contributed by atoms with Crippen molar-refractivity contribution < 1.29 is 0 Å². The lowest BCUT2D eigenvalue weighted by molar-refractivity contribution is 0.107. The molecule has 2 fully saturated rings. The van der Waals surface area contributed by atoms with Crippen molar-refractivity contribution in [3.63, 3.8) is 0 Å². The largest absolute Gasteiger partial charge is 0.312 e. The molecule has 17 heavy (non-hydrogen) atoms. The Morgan fingerprint density at radius 3 is 2.53 bits per heavy atom. The highest BCUT2D eigenvalue weighted by molar-refractivity contribution is 5.11.